The number of esters is 1. The summed E-state index contributed by atoms with van der Waals surface area (Å²) in [5.41, 5.74) is 6.39. The molecule has 6 heteroatoms. The van der Waals surface area contributed by atoms with Crippen LogP contribution in [0.5, 0.6) is 0 Å². The van der Waals surface area contributed by atoms with Crippen LogP contribution in [-0.4, -0.2) is 24.0 Å². The second-order valence-corrected chi connectivity index (χ2v) is 4.34. The maximum Gasteiger partial charge on any atom is 0.546 e. The predicted octanol–water partition coefficient (Wildman–Crippen LogP) is 0.0894. The Morgan fingerprint density at radius 2 is 2.06 bits per heavy atom. The molecule has 0 fully saturated rings. The van der Waals surface area contributed by atoms with E-state index in [-0.39, 0.29) is 0 Å². The number of methoxy groups -OCH3 is 1. The summed E-state index contributed by atoms with van der Waals surface area (Å²) in [6, 6.07) is 5.71. The van der Waals surface area contributed by atoms with Gasteiger partial charge in [-0.3, -0.25) is 4.79 Å². The Morgan fingerprint density at radius 3 is 2.50 bits per heavy atom. The van der Waals surface area contributed by atoms with E-state index in [1.54, 1.807) is 12.1 Å². The average molecular weight is 242 g/mol. The Morgan fingerprint density at radius 1 is 1.50 bits per heavy atom. The lowest BCUT2D eigenvalue weighted by molar-refractivity contribution is -0.142. The first-order valence-electron chi connectivity index (χ1n) is 4.63. The lowest BCUT2D eigenvalue weighted by Gasteiger charge is -2.08. The molecule has 16 heavy (non-hydrogen) atoms. The fourth-order valence-corrected chi connectivity index (χ4v) is 1.65. The molecule has 0 bridgehead atoms. The number of hydrogen-bond acceptors (Lipinski definition) is 4. The normalized spacial score (nSPS) is 13.1. The van der Waals surface area contributed by atoms with Crippen molar-refractivity contribution in [1.82, 2.24) is 0 Å². The molecule has 0 aliphatic heterocycles. The van der Waals surface area contributed by atoms with Crippen LogP contribution in [0.2, 0.25) is 0 Å². The summed E-state index contributed by atoms with van der Waals surface area (Å²) in [6.07, 6.45) is 0.342. The molecule has 1 rings (SSSR count). The van der Waals surface area contributed by atoms with Crippen molar-refractivity contribution >= 4 is 19.3 Å². The topological polar surface area (TPSA) is 89.6 Å². The molecule has 0 aromatic heterocycles. The van der Waals surface area contributed by atoms with E-state index in [1.807, 2.05) is 0 Å². The molecule has 0 heterocycles. The van der Waals surface area contributed by atoms with Gasteiger partial charge in [-0.05, 0) is 28.7 Å². The molecule has 3 N–H and O–H groups in total. The van der Waals surface area contributed by atoms with E-state index in [0.29, 0.717) is 11.7 Å². The van der Waals surface area contributed by atoms with Crippen LogP contribution in [0.15, 0.2) is 24.3 Å². The number of hydrogen-bond donors (Lipinski definition) is 2. The number of carbonyl (C=O) groups excluding carboxylic acids is 1. The van der Waals surface area contributed by atoms with Crippen LogP contribution in [0.1, 0.15) is 5.56 Å². The first-order valence-corrected chi connectivity index (χ1v) is 5.84. The number of ether oxygens (including phenoxy) is 1. The molecular formula is C10H13NO4P+. The molecule has 2 atom stereocenters. The van der Waals surface area contributed by atoms with Crippen molar-refractivity contribution in [3.05, 3.63) is 29.8 Å². The Balaban J connectivity index is 2.68. The second kappa shape index (κ2) is 5.70. The number of benzene rings is 1. The summed E-state index contributed by atoms with van der Waals surface area (Å²) in [5, 5.41) is 0.352. The van der Waals surface area contributed by atoms with Crippen LogP contribution in [-0.2, 0) is 20.5 Å². The Hall–Kier alpha value is -1.29. The van der Waals surface area contributed by atoms with Gasteiger partial charge in [0.1, 0.15) is 6.04 Å². The zero-order chi connectivity index (χ0) is 12.1. The van der Waals surface area contributed by atoms with Crippen LogP contribution in [0.4, 0.5) is 0 Å². The molecule has 86 valence electrons. The van der Waals surface area contributed by atoms with Crippen LogP contribution < -0.4 is 11.0 Å². The largest absolute Gasteiger partial charge is 0.546 e. The van der Waals surface area contributed by atoms with Gasteiger partial charge in [-0.15, -0.1) is 0 Å². The van der Waals surface area contributed by atoms with Gasteiger partial charge in [0, 0.05) is 0 Å². The minimum absolute atomic E-state index is 0.342. The van der Waals surface area contributed by atoms with Gasteiger partial charge in [-0.2, -0.15) is 4.89 Å². The number of nitrogens with two attached hydrogens (primary N) is 1. The highest BCUT2D eigenvalue weighted by molar-refractivity contribution is 7.47. The minimum Gasteiger partial charge on any atom is -0.468 e. The van der Waals surface area contributed by atoms with Gasteiger partial charge in [0.25, 0.3) is 0 Å². The highest BCUT2D eigenvalue weighted by atomic mass is 31.1. The minimum atomic E-state index is -2.32. The van der Waals surface area contributed by atoms with Crippen molar-refractivity contribution in [2.24, 2.45) is 5.73 Å². The van der Waals surface area contributed by atoms with Crippen LogP contribution in [0, 0.1) is 0 Å². The van der Waals surface area contributed by atoms with Gasteiger partial charge >= 0.3 is 14.0 Å². The van der Waals surface area contributed by atoms with Gasteiger partial charge in [-0.1, -0.05) is 12.1 Å². The van der Waals surface area contributed by atoms with Crippen molar-refractivity contribution in [3.63, 3.8) is 0 Å². The van der Waals surface area contributed by atoms with Crippen LogP contribution in [0.3, 0.4) is 0 Å². The molecule has 0 aliphatic rings. The smallest absolute Gasteiger partial charge is 0.468 e. The highest BCUT2D eigenvalue weighted by Crippen LogP contribution is 2.13. The third-order valence-electron chi connectivity index (χ3n) is 2.12. The maximum absolute atomic E-state index is 11.1. The first kappa shape index (κ1) is 12.8. The van der Waals surface area contributed by atoms with Crippen molar-refractivity contribution in [2.75, 3.05) is 7.11 Å². The molecule has 1 unspecified atom stereocenters. The summed E-state index contributed by atoms with van der Waals surface area (Å²) in [5.74, 6) is -0.475. The fourth-order valence-electron chi connectivity index (χ4n) is 1.25. The Labute approximate surface area is 94.1 Å². The average Bonchev–Trinajstić information content (AvgIpc) is 2.28. The maximum atomic E-state index is 11.1. The zero-order valence-corrected chi connectivity index (χ0v) is 9.68. The second-order valence-electron chi connectivity index (χ2n) is 3.27. The predicted molar refractivity (Wildman–Crippen MR) is 59.6 cm³/mol. The quantitative estimate of drug-likeness (QED) is 0.577. The summed E-state index contributed by atoms with van der Waals surface area (Å²) < 4.78 is 15.2. The monoisotopic (exact) mass is 242 g/mol. The molecule has 0 saturated heterocycles. The zero-order valence-electron chi connectivity index (χ0n) is 8.79. The van der Waals surface area contributed by atoms with E-state index in [1.165, 1.54) is 19.2 Å². The van der Waals surface area contributed by atoms with Gasteiger partial charge in [0.15, 0.2) is 0 Å². The lowest BCUT2D eigenvalue weighted by Crippen LogP contribution is -2.33. The van der Waals surface area contributed by atoms with E-state index in [0.717, 1.165) is 5.56 Å². The molecule has 0 radical (unpaired) electrons. The first-order chi connectivity index (χ1) is 7.54. The van der Waals surface area contributed by atoms with Crippen molar-refractivity contribution in [1.29, 1.82) is 0 Å². The van der Waals surface area contributed by atoms with E-state index in [4.69, 9.17) is 10.6 Å². The SMILES string of the molecule is COC(=O)[C@@H](N)Cc1ccc([P+](=O)O)cc1. The number of rotatable bonds is 4. The molecule has 1 aromatic carbocycles. The van der Waals surface area contributed by atoms with E-state index >= 15 is 0 Å². The van der Waals surface area contributed by atoms with Crippen molar-refractivity contribution < 1.29 is 19.0 Å². The third-order valence-corrected chi connectivity index (χ3v) is 2.86. The molecule has 0 amide bonds. The van der Waals surface area contributed by atoms with Crippen molar-refractivity contribution in [2.45, 2.75) is 12.5 Å². The molecule has 0 aliphatic carbocycles. The summed E-state index contributed by atoms with van der Waals surface area (Å²) in [7, 11) is -1.04. The van der Waals surface area contributed by atoms with Crippen LogP contribution in [0.25, 0.3) is 0 Å². The fraction of sp³-hybridized carbons (Fsp3) is 0.300. The van der Waals surface area contributed by atoms with E-state index < -0.39 is 20.0 Å². The summed E-state index contributed by atoms with van der Waals surface area (Å²) >= 11 is 0. The van der Waals surface area contributed by atoms with E-state index in [2.05, 4.69) is 4.74 Å². The molecule has 1 aromatic rings. The summed E-state index contributed by atoms with van der Waals surface area (Å²) in [6.45, 7) is 0. The van der Waals surface area contributed by atoms with Gasteiger partial charge < -0.3 is 10.5 Å². The Kier molecular flexibility index (Phi) is 4.55. The lowest BCUT2D eigenvalue weighted by atomic mass is 10.1. The molecule has 5 nitrogen and oxygen atoms in total. The molecule has 0 spiro atoms. The summed E-state index contributed by atoms with van der Waals surface area (Å²) in [4.78, 5) is 19.9. The third kappa shape index (κ3) is 3.38. The van der Waals surface area contributed by atoms with Gasteiger partial charge in [0.2, 0.25) is 5.30 Å². The van der Waals surface area contributed by atoms with Crippen molar-refractivity contribution in [3.8, 4) is 0 Å². The number of carbonyl (C=O) groups is 1. The molecule has 0 saturated carbocycles. The highest BCUT2D eigenvalue weighted by Gasteiger charge is 2.17. The molecular weight excluding hydrogens is 229 g/mol. The van der Waals surface area contributed by atoms with Gasteiger partial charge in [-0.25, -0.2) is 0 Å². The van der Waals surface area contributed by atoms with Gasteiger partial charge in [0.05, 0.1) is 7.11 Å². The standard InChI is InChI=1S/C10H12NO4P/c1-15-10(12)9(11)6-7-2-4-8(5-3-7)16(13)14/h2-5,9H,6,11H2,1H3/p+1/t9-/m0/s1. The Bertz CT molecular complexity index is 390. The van der Waals surface area contributed by atoms with E-state index in [9.17, 15) is 9.36 Å². The van der Waals surface area contributed by atoms with Crippen LogP contribution >= 0.6 is 8.03 Å².